The summed E-state index contributed by atoms with van der Waals surface area (Å²) in [5.74, 6) is -0.399. The molecule has 1 fully saturated rings. The maximum absolute atomic E-state index is 12.4. The van der Waals surface area contributed by atoms with Crippen LogP contribution in [-0.4, -0.2) is 40.0 Å². The Balaban J connectivity index is 2.04. The van der Waals surface area contributed by atoms with E-state index in [1.807, 2.05) is 4.90 Å². The average molecular weight is 288 g/mol. The minimum absolute atomic E-state index is 0.0440. The van der Waals surface area contributed by atoms with Crippen molar-refractivity contribution in [3.05, 3.63) is 35.7 Å². The third-order valence-corrected chi connectivity index (χ3v) is 3.38. The van der Waals surface area contributed by atoms with Crippen LogP contribution in [0.15, 0.2) is 24.4 Å². The van der Waals surface area contributed by atoms with Crippen LogP contribution in [0.1, 0.15) is 42.2 Å². The fourth-order valence-electron chi connectivity index (χ4n) is 2.12. The number of hydrogen-bond acceptors (Lipinski definition) is 3. The molecule has 0 aliphatic heterocycles. The van der Waals surface area contributed by atoms with Gasteiger partial charge in [-0.05, 0) is 42.9 Å². The quantitative estimate of drug-likeness (QED) is 0.782. The number of nitrogens with zero attached hydrogens (tertiary/aromatic N) is 2. The summed E-state index contributed by atoms with van der Waals surface area (Å²) in [6.07, 6.45) is 7.37. The Morgan fingerprint density at radius 2 is 2.19 bits per heavy atom. The summed E-state index contributed by atoms with van der Waals surface area (Å²) in [7, 11) is 0. The van der Waals surface area contributed by atoms with Gasteiger partial charge < -0.3 is 10.0 Å². The van der Waals surface area contributed by atoms with Crippen LogP contribution in [-0.2, 0) is 4.79 Å². The number of carbonyl (C=O) groups excluding carboxylic acids is 1. The summed E-state index contributed by atoms with van der Waals surface area (Å²) < 4.78 is 0. The summed E-state index contributed by atoms with van der Waals surface area (Å²) in [6, 6.07) is 3.36. The highest BCUT2D eigenvalue weighted by Gasteiger charge is 2.27. The van der Waals surface area contributed by atoms with E-state index in [1.54, 1.807) is 12.1 Å². The lowest BCUT2D eigenvalue weighted by Crippen LogP contribution is -2.34. The smallest absolute Gasteiger partial charge is 0.328 e. The van der Waals surface area contributed by atoms with E-state index in [1.165, 1.54) is 25.1 Å². The highest BCUT2D eigenvalue weighted by molar-refractivity contribution is 5.92. The van der Waals surface area contributed by atoms with Crippen molar-refractivity contribution in [2.45, 2.75) is 26.2 Å². The number of hydrogen-bond donors (Lipinski definition) is 1. The Bertz CT molecular complexity index is 533. The largest absolute Gasteiger partial charge is 0.478 e. The first-order chi connectivity index (χ1) is 10.1. The molecule has 1 aromatic heterocycles. The van der Waals surface area contributed by atoms with Crippen LogP contribution in [0.3, 0.4) is 0 Å². The van der Waals surface area contributed by atoms with Crippen molar-refractivity contribution in [2.75, 3.05) is 13.1 Å². The van der Waals surface area contributed by atoms with Gasteiger partial charge in [0.1, 0.15) is 5.69 Å². The number of rotatable bonds is 7. The normalized spacial score (nSPS) is 14.3. The second-order valence-electron chi connectivity index (χ2n) is 5.34. The topological polar surface area (TPSA) is 70.5 Å². The molecule has 2 rings (SSSR count). The van der Waals surface area contributed by atoms with Crippen LogP contribution in [0, 0.1) is 5.92 Å². The number of amides is 1. The van der Waals surface area contributed by atoms with Crippen molar-refractivity contribution in [2.24, 2.45) is 5.92 Å². The molecule has 1 N–H and O–H groups in total. The Hall–Kier alpha value is -2.17. The summed E-state index contributed by atoms with van der Waals surface area (Å²) in [5, 5.41) is 8.57. The lowest BCUT2D eigenvalue weighted by atomic mass is 10.2. The molecule has 112 valence electrons. The van der Waals surface area contributed by atoms with Crippen molar-refractivity contribution < 1.29 is 14.7 Å². The van der Waals surface area contributed by atoms with Gasteiger partial charge in [0.2, 0.25) is 0 Å². The molecule has 1 saturated carbocycles. The molecular weight excluding hydrogens is 268 g/mol. The lowest BCUT2D eigenvalue weighted by Gasteiger charge is -2.21. The monoisotopic (exact) mass is 288 g/mol. The number of pyridine rings is 1. The van der Waals surface area contributed by atoms with Gasteiger partial charge >= 0.3 is 5.97 Å². The van der Waals surface area contributed by atoms with Crippen molar-refractivity contribution in [3.8, 4) is 0 Å². The van der Waals surface area contributed by atoms with E-state index >= 15 is 0 Å². The molecule has 0 aromatic carbocycles. The second-order valence-corrected chi connectivity index (χ2v) is 5.34. The van der Waals surface area contributed by atoms with Gasteiger partial charge in [-0.15, -0.1) is 0 Å². The first-order valence-corrected chi connectivity index (χ1v) is 7.26. The maximum Gasteiger partial charge on any atom is 0.328 e. The van der Waals surface area contributed by atoms with Crippen LogP contribution in [0.25, 0.3) is 6.08 Å². The van der Waals surface area contributed by atoms with Gasteiger partial charge in [0.15, 0.2) is 0 Å². The van der Waals surface area contributed by atoms with E-state index in [0.29, 0.717) is 17.2 Å². The molecule has 0 atom stereocenters. The standard InChI is InChI=1S/C16H20N2O3/c1-2-9-18(11-13-3-4-13)16(21)14-7-5-12(10-17-14)6-8-15(19)20/h5-8,10,13H,2-4,9,11H2,1H3,(H,19,20). The van der Waals surface area contributed by atoms with Crippen molar-refractivity contribution in [1.82, 2.24) is 9.88 Å². The molecule has 5 heteroatoms. The van der Waals surface area contributed by atoms with Gasteiger partial charge in [-0.3, -0.25) is 9.78 Å². The molecule has 0 radical (unpaired) electrons. The molecule has 0 spiro atoms. The first kappa shape index (κ1) is 15.2. The van der Waals surface area contributed by atoms with Gasteiger partial charge in [0, 0.05) is 25.4 Å². The van der Waals surface area contributed by atoms with Crippen molar-refractivity contribution >= 4 is 18.0 Å². The molecule has 5 nitrogen and oxygen atoms in total. The molecule has 0 bridgehead atoms. The van der Waals surface area contributed by atoms with Crippen LogP contribution < -0.4 is 0 Å². The van der Waals surface area contributed by atoms with Crippen molar-refractivity contribution in [3.63, 3.8) is 0 Å². The zero-order valence-electron chi connectivity index (χ0n) is 12.2. The van der Waals surface area contributed by atoms with E-state index in [4.69, 9.17) is 5.11 Å². The summed E-state index contributed by atoms with van der Waals surface area (Å²) in [4.78, 5) is 28.9. The average Bonchev–Trinajstić information content (AvgIpc) is 3.28. The Morgan fingerprint density at radius 1 is 1.43 bits per heavy atom. The number of carbonyl (C=O) groups is 2. The minimum atomic E-state index is -1.01. The van der Waals surface area contributed by atoms with Gasteiger partial charge in [0.25, 0.3) is 5.91 Å². The van der Waals surface area contributed by atoms with Crippen LogP contribution in [0.2, 0.25) is 0 Å². The van der Waals surface area contributed by atoms with Crippen molar-refractivity contribution in [1.29, 1.82) is 0 Å². The lowest BCUT2D eigenvalue weighted by molar-refractivity contribution is -0.131. The van der Waals surface area contributed by atoms with E-state index in [-0.39, 0.29) is 5.91 Å². The van der Waals surface area contributed by atoms with Gasteiger partial charge in [-0.2, -0.15) is 0 Å². The van der Waals surface area contributed by atoms with Crippen LogP contribution in [0.4, 0.5) is 0 Å². The zero-order chi connectivity index (χ0) is 15.2. The molecular formula is C16H20N2O3. The Labute approximate surface area is 124 Å². The third kappa shape index (κ3) is 4.70. The van der Waals surface area contributed by atoms with Crippen LogP contribution >= 0.6 is 0 Å². The van der Waals surface area contributed by atoms with E-state index < -0.39 is 5.97 Å². The minimum Gasteiger partial charge on any atom is -0.478 e. The number of carboxylic acid groups (broad SMARTS) is 1. The summed E-state index contributed by atoms with van der Waals surface area (Å²) >= 11 is 0. The highest BCUT2D eigenvalue weighted by Crippen LogP contribution is 2.30. The fraction of sp³-hybridized carbons (Fsp3) is 0.438. The van der Waals surface area contributed by atoms with E-state index in [0.717, 1.165) is 25.6 Å². The maximum atomic E-state index is 12.4. The van der Waals surface area contributed by atoms with E-state index in [9.17, 15) is 9.59 Å². The molecule has 0 unspecified atom stereocenters. The summed E-state index contributed by atoms with van der Waals surface area (Å²) in [5.41, 5.74) is 1.08. The number of carboxylic acids is 1. The predicted molar refractivity (Wildman–Crippen MR) is 79.8 cm³/mol. The zero-order valence-corrected chi connectivity index (χ0v) is 12.2. The first-order valence-electron chi connectivity index (χ1n) is 7.26. The Morgan fingerprint density at radius 3 is 2.71 bits per heavy atom. The highest BCUT2D eigenvalue weighted by atomic mass is 16.4. The van der Waals surface area contributed by atoms with E-state index in [2.05, 4.69) is 11.9 Å². The van der Waals surface area contributed by atoms with Gasteiger partial charge in [-0.25, -0.2) is 4.79 Å². The molecule has 1 aliphatic rings. The second kappa shape index (κ2) is 7.02. The van der Waals surface area contributed by atoms with Gasteiger partial charge in [0.05, 0.1) is 0 Å². The number of aromatic nitrogens is 1. The summed E-state index contributed by atoms with van der Waals surface area (Å²) in [6.45, 7) is 3.62. The fourth-order valence-corrected chi connectivity index (χ4v) is 2.12. The SMILES string of the molecule is CCCN(CC1CC1)C(=O)c1ccc(C=CC(=O)O)cn1. The molecule has 1 heterocycles. The Kier molecular flexibility index (Phi) is 5.09. The number of aliphatic carboxylic acids is 1. The third-order valence-electron chi connectivity index (χ3n) is 3.38. The van der Waals surface area contributed by atoms with Crippen LogP contribution in [0.5, 0.6) is 0 Å². The molecule has 0 saturated heterocycles. The van der Waals surface area contributed by atoms with Gasteiger partial charge in [-0.1, -0.05) is 13.0 Å². The molecule has 1 aromatic rings. The molecule has 1 aliphatic carbocycles. The predicted octanol–water partition coefficient (Wildman–Crippen LogP) is 2.44. The molecule has 21 heavy (non-hydrogen) atoms. The molecule has 1 amide bonds.